The van der Waals surface area contributed by atoms with Gasteiger partial charge in [0.15, 0.2) is 0 Å². The van der Waals surface area contributed by atoms with Crippen LogP contribution in [0.25, 0.3) is 0 Å². The molecule has 0 heterocycles. The zero-order valence-electron chi connectivity index (χ0n) is 10.5. The van der Waals surface area contributed by atoms with Crippen molar-refractivity contribution in [1.82, 2.24) is 4.90 Å². The standard InChI is InChI=1S/C13H19NO2S/c1-10(9-17-3)14(2)13(16)8-11-6-4-5-7-12(11)15/h4-7,10,15H,8-9H2,1-3H3. The highest BCUT2D eigenvalue weighted by Gasteiger charge is 2.16. The number of hydrogen-bond acceptors (Lipinski definition) is 3. The second-order valence-corrected chi connectivity index (χ2v) is 5.03. The van der Waals surface area contributed by atoms with E-state index in [1.54, 1.807) is 34.9 Å². The predicted molar refractivity (Wildman–Crippen MR) is 72.4 cm³/mol. The lowest BCUT2D eigenvalue weighted by Crippen LogP contribution is -2.37. The van der Waals surface area contributed by atoms with E-state index in [1.165, 1.54) is 0 Å². The molecule has 0 aromatic heterocycles. The zero-order chi connectivity index (χ0) is 12.8. The van der Waals surface area contributed by atoms with Gasteiger partial charge in [-0.2, -0.15) is 11.8 Å². The topological polar surface area (TPSA) is 40.5 Å². The summed E-state index contributed by atoms with van der Waals surface area (Å²) < 4.78 is 0. The van der Waals surface area contributed by atoms with Crippen molar-refractivity contribution < 1.29 is 9.90 Å². The minimum absolute atomic E-state index is 0.0352. The lowest BCUT2D eigenvalue weighted by Gasteiger charge is -2.24. The summed E-state index contributed by atoms with van der Waals surface area (Å²) in [7, 11) is 1.81. The number of aromatic hydroxyl groups is 1. The maximum Gasteiger partial charge on any atom is 0.227 e. The van der Waals surface area contributed by atoms with E-state index < -0.39 is 0 Å². The number of phenolic OH excluding ortho intramolecular Hbond substituents is 1. The second kappa shape index (κ2) is 6.55. The van der Waals surface area contributed by atoms with Gasteiger partial charge in [-0.3, -0.25) is 4.79 Å². The lowest BCUT2D eigenvalue weighted by atomic mass is 10.1. The molecule has 0 saturated heterocycles. The molecule has 94 valence electrons. The Morgan fingerprint density at radius 1 is 1.47 bits per heavy atom. The molecule has 3 nitrogen and oxygen atoms in total. The number of hydrogen-bond donors (Lipinski definition) is 1. The first-order valence-corrected chi connectivity index (χ1v) is 6.97. The lowest BCUT2D eigenvalue weighted by molar-refractivity contribution is -0.130. The average Bonchev–Trinajstić information content (AvgIpc) is 2.31. The minimum atomic E-state index is 0.0352. The zero-order valence-corrected chi connectivity index (χ0v) is 11.3. The van der Waals surface area contributed by atoms with Crippen molar-refractivity contribution in [3.8, 4) is 5.75 Å². The van der Waals surface area contributed by atoms with Crippen LogP contribution >= 0.6 is 11.8 Å². The van der Waals surface area contributed by atoms with Crippen molar-refractivity contribution in [2.75, 3.05) is 19.1 Å². The van der Waals surface area contributed by atoms with Crippen LogP contribution in [0.2, 0.25) is 0 Å². The first-order valence-electron chi connectivity index (χ1n) is 5.57. The van der Waals surface area contributed by atoms with Gasteiger partial charge in [0.2, 0.25) is 5.91 Å². The fourth-order valence-corrected chi connectivity index (χ4v) is 2.25. The summed E-state index contributed by atoms with van der Waals surface area (Å²) in [6.07, 6.45) is 2.28. The van der Waals surface area contributed by atoms with Gasteiger partial charge in [-0.1, -0.05) is 18.2 Å². The van der Waals surface area contributed by atoms with E-state index in [-0.39, 0.29) is 24.1 Å². The third kappa shape index (κ3) is 3.97. The fraction of sp³-hybridized carbons (Fsp3) is 0.462. The van der Waals surface area contributed by atoms with Gasteiger partial charge >= 0.3 is 0 Å². The van der Waals surface area contributed by atoms with Crippen LogP contribution in [0.15, 0.2) is 24.3 Å². The van der Waals surface area contributed by atoms with Crippen molar-refractivity contribution in [2.45, 2.75) is 19.4 Å². The Labute approximate surface area is 107 Å². The Hall–Kier alpha value is -1.16. The normalized spacial score (nSPS) is 12.2. The highest BCUT2D eigenvalue weighted by molar-refractivity contribution is 7.98. The van der Waals surface area contributed by atoms with E-state index >= 15 is 0 Å². The Morgan fingerprint density at radius 3 is 2.71 bits per heavy atom. The van der Waals surface area contributed by atoms with Gasteiger partial charge < -0.3 is 10.0 Å². The summed E-state index contributed by atoms with van der Waals surface area (Å²) in [5.41, 5.74) is 0.681. The van der Waals surface area contributed by atoms with Crippen molar-refractivity contribution >= 4 is 17.7 Å². The van der Waals surface area contributed by atoms with Crippen LogP contribution in [-0.4, -0.2) is 41.0 Å². The number of amides is 1. The number of thioether (sulfide) groups is 1. The smallest absolute Gasteiger partial charge is 0.227 e. The molecule has 1 atom stereocenters. The maximum atomic E-state index is 12.0. The number of para-hydroxylation sites is 1. The number of benzene rings is 1. The second-order valence-electron chi connectivity index (χ2n) is 4.11. The summed E-state index contributed by atoms with van der Waals surface area (Å²) in [4.78, 5) is 13.7. The molecular weight excluding hydrogens is 234 g/mol. The van der Waals surface area contributed by atoms with Crippen LogP contribution in [0.1, 0.15) is 12.5 Å². The van der Waals surface area contributed by atoms with E-state index in [4.69, 9.17) is 0 Å². The quantitative estimate of drug-likeness (QED) is 0.874. The highest BCUT2D eigenvalue weighted by atomic mass is 32.2. The van der Waals surface area contributed by atoms with E-state index in [2.05, 4.69) is 0 Å². The first kappa shape index (κ1) is 13.9. The molecule has 1 rings (SSSR count). The van der Waals surface area contributed by atoms with Gasteiger partial charge in [0.05, 0.1) is 6.42 Å². The van der Waals surface area contributed by atoms with Gasteiger partial charge in [-0.05, 0) is 19.2 Å². The Bertz CT molecular complexity index is 381. The van der Waals surface area contributed by atoms with E-state index in [0.29, 0.717) is 5.56 Å². The summed E-state index contributed by atoms with van der Waals surface area (Å²) in [6, 6.07) is 7.18. The molecule has 0 bridgehead atoms. The Morgan fingerprint density at radius 2 is 2.12 bits per heavy atom. The molecule has 0 fully saturated rings. The van der Waals surface area contributed by atoms with Crippen molar-refractivity contribution in [1.29, 1.82) is 0 Å². The maximum absolute atomic E-state index is 12.0. The van der Waals surface area contributed by atoms with Crippen LogP contribution in [0.4, 0.5) is 0 Å². The molecule has 1 N–H and O–H groups in total. The molecule has 1 amide bonds. The average molecular weight is 253 g/mol. The molecule has 4 heteroatoms. The van der Waals surface area contributed by atoms with Crippen LogP contribution in [0.5, 0.6) is 5.75 Å². The molecule has 0 radical (unpaired) electrons. The van der Waals surface area contributed by atoms with Gasteiger partial charge in [-0.15, -0.1) is 0 Å². The molecule has 0 saturated carbocycles. The number of carbonyl (C=O) groups is 1. The summed E-state index contributed by atoms with van der Waals surface area (Å²) >= 11 is 1.72. The van der Waals surface area contributed by atoms with Gasteiger partial charge in [0.25, 0.3) is 0 Å². The largest absolute Gasteiger partial charge is 0.508 e. The molecule has 1 aromatic rings. The van der Waals surface area contributed by atoms with Crippen LogP contribution in [-0.2, 0) is 11.2 Å². The number of nitrogens with zero attached hydrogens (tertiary/aromatic N) is 1. The van der Waals surface area contributed by atoms with Crippen LogP contribution in [0.3, 0.4) is 0 Å². The monoisotopic (exact) mass is 253 g/mol. The molecule has 17 heavy (non-hydrogen) atoms. The van der Waals surface area contributed by atoms with Crippen molar-refractivity contribution in [3.05, 3.63) is 29.8 Å². The molecule has 0 aliphatic heterocycles. The Kier molecular flexibility index (Phi) is 5.35. The number of carbonyl (C=O) groups excluding carboxylic acids is 1. The summed E-state index contributed by atoms with van der Waals surface area (Å²) in [5, 5.41) is 9.61. The summed E-state index contributed by atoms with van der Waals surface area (Å²) in [6.45, 7) is 2.03. The first-order chi connectivity index (χ1) is 8.06. The third-order valence-corrected chi connectivity index (χ3v) is 3.61. The van der Waals surface area contributed by atoms with Gasteiger partial charge in [0.1, 0.15) is 5.75 Å². The van der Waals surface area contributed by atoms with Gasteiger partial charge in [-0.25, -0.2) is 0 Å². The predicted octanol–water partition coefficient (Wildman–Crippen LogP) is 2.14. The van der Waals surface area contributed by atoms with Gasteiger partial charge in [0, 0.05) is 24.4 Å². The van der Waals surface area contributed by atoms with Crippen LogP contribution in [0, 0.1) is 0 Å². The molecule has 0 aliphatic carbocycles. The van der Waals surface area contributed by atoms with E-state index in [9.17, 15) is 9.90 Å². The summed E-state index contributed by atoms with van der Waals surface area (Å²) in [5.74, 6) is 1.14. The Balaban J connectivity index is 2.63. The number of likely N-dealkylation sites (N-methyl/N-ethyl adjacent to an activating group) is 1. The fourth-order valence-electron chi connectivity index (χ4n) is 1.55. The molecule has 1 aromatic carbocycles. The van der Waals surface area contributed by atoms with Crippen molar-refractivity contribution in [3.63, 3.8) is 0 Å². The van der Waals surface area contributed by atoms with E-state index in [0.717, 1.165) is 5.75 Å². The molecule has 0 spiro atoms. The molecule has 1 unspecified atom stereocenters. The molecule has 0 aliphatic rings. The van der Waals surface area contributed by atoms with Crippen molar-refractivity contribution in [2.24, 2.45) is 0 Å². The molecular formula is C13H19NO2S. The highest BCUT2D eigenvalue weighted by Crippen LogP contribution is 2.17. The SMILES string of the molecule is CSCC(C)N(C)C(=O)Cc1ccccc1O. The van der Waals surface area contributed by atoms with E-state index in [1.807, 2.05) is 26.3 Å². The minimum Gasteiger partial charge on any atom is -0.508 e. The number of phenols is 1. The third-order valence-electron chi connectivity index (χ3n) is 2.80. The number of rotatable bonds is 5. The van der Waals surface area contributed by atoms with Crippen LogP contribution < -0.4 is 0 Å².